The monoisotopic (exact) mass is 358 g/mol. The zero-order valence-electron chi connectivity index (χ0n) is 14.5. The third kappa shape index (κ3) is 4.56. The van der Waals surface area contributed by atoms with E-state index in [9.17, 15) is 19.7 Å². The maximum absolute atomic E-state index is 12.3. The lowest BCUT2D eigenvalue weighted by Crippen LogP contribution is -2.30. The van der Waals surface area contributed by atoms with Crippen LogP contribution in [0.25, 0.3) is 0 Å². The fraction of sp³-hybridized carbons (Fsp3) is 0.222. The van der Waals surface area contributed by atoms with Gasteiger partial charge < -0.3 is 14.8 Å². The van der Waals surface area contributed by atoms with Gasteiger partial charge >= 0.3 is 5.97 Å². The molecule has 2 aromatic rings. The van der Waals surface area contributed by atoms with Gasteiger partial charge in [0.1, 0.15) is 5.75 Å². The summed E-state index contributed by atoms with van der Waals surface area (Å²) >= 11 is 0. The van der Waals surface area contributed by atoms with E-state index in [0.29, 0.717) is 5.56 Å². The quantitative estimate of drug-likeness (QED) is 0.483. The van der Waals surface area contributed by atoms with Gasteiger partial charge in [-0.2, -0.15) is 0 Å². The molecule has 136 valence electrons. The molecule has 0 aliphatic carbocycles. The first-order valence-corrected chi connectivity index (χ1v) is 7.72. The van der Waals surface area contributed by atoms with Crippen LogP contribution in [0.15, 0.2) is 42.5 Å². The van der Waals surface area contributed by atoms with Crippen molar-refractivity contribution in [3.63, 3.8) is 0 Å². The highest BCUT2D eigenvalue weighted by atomic mass is 16.6. The number of non-ortho nitro benzene ring substituents is 1. The topological polar surface area (TPSA) is 108 Å². The first kappa shape index (κ1) is 18.9. The van der Waals surface area contributed by atoms with Crippen molar-refractivity contribution in [1.29, 1.82) is 0 Å². The second-order valence-corrected chi connectivity index (χ2v) is 5.55. The zero-order valence-corrected chi connectivity index (χ0v) is 14.5. The molecular formula is C18H18N2O6. The molecule has 1 N–H and O–H groups in total. The van der Waals surface area contributed by atoms with Gasteiger partial charge in [0, 0.05) is 12.1 Å². The fourth-order valence-corrected chi connectivity index (χ4v) is 2.20. The van der Waals surface area contributed by atoms with E-state index in [-0.39, 0.29) is 17.1 Å². The van der Waals surface area contributed by atoms with Gasteiger partial charge in [0.15, 0.2) is 6.10 Å². The molecule has 26 heavy (non-hydrogen) atoms. The Balaban J connectivity index is 2.10. The molecule has 8 heteroatoms. The van der Waals surface area contributed by atoms with E-state index < -0.39 is 22.9 Å². The number of rotatable bonds is 6. The van der Waals surface area contributed by atoms with Crippen LogP contribution in [-0.2, 0) is 9.53 Å². The Hall–Kier alpha value is -3.42. The highest BCUT2D eigenvalue weighted by Crippen LogP contribution is 2.29. The third-order valence-corrected chi connectivity index (χ3v) is 3.56. The average Bonchev–Trinajstić information content (AvgIpc) is 2.61. The van der Waals surface area contributed by atoms with E-state index in [4.69, 9.17) is 9.47 Å². The van der Waals surface area contributed by atoms with E-state index in [1.165, 1.54) is 32.2 Å². The lowest BCUT2D eigenvalue weighted by atomic mass is 10.1. The van der Waals surface area contributed by atoms with Crippen molar-refractivity contribution in [2.75, 3.05) is 12.4 Å². The van der Waals surface area contributed by atoms with Crippen LogP contribution in [0.4, 0.5) is 11.4 Å². The van der Waals surface area contributed by atoms with Crippen molar-refractivity contribution < 1.29 is 24.0 Å². The Bertz CT molecular complexity index is 849. The molecule has 0 unspecified atom stereocenters. The van der Waals surface area contributed by atoms with E-state index in [1.54, 1.807) is 18.2 Å². The minimum absolute atomic E-state index is 0.116. The predicted octanol–water partition coefficient (Wildman–Crippen LogP) is 3.10. The molecular weight excluding hydrogens is 340 g/mol. The summed E-state index contributed by atoms with van der Waals surface area (Å²) in [4.78, 5) is 34.7. The molecule has 0 saturated carbocycles. The Labute approximate surface area is 149 Å². The molecule has 0 heterocycles. The van der Waals surface area contributed by atoms with Gasteiger partial charge in [0.25, 0.3) is 11.6 Å². The number of carbonyl (C=O) groups excluding carboxylic acids is 2. The molecule has 1 atom stereocenters. The van der Waals surface area contributed by atoms with Gasteiger partial charge in [-0.05, 0) is 32.0 Å². The van der Waals surface area contributed by atoms with Gasteiger partial charge in [-0.15, -0.1) is 0 Å². The molecule has 0 aliphatic heterocycles. The Morgan fingerprint density at radius 1 is 1.19 bits per heavy atom. The standard InChI is InChI=1S/C18H18N2O6/c1-11-5-4-6-13(9-11)18(22)26-12(2)17(21)19-15-10-14(20(23)24)7-8-16(15)25-3/h4-10,12H,1-3H3,(H,19,21)/t12-/m0/s1. The van der Waals surface area contributed by atoms with Crippen molar-refractivity contribution in [2.45, 2.75) is 20.0 Å². The number of amides is 1. The van der Waals surface area contributed by atoms with E-state index in [0.717, 1.165) is 5.56 Å². The number of hydrogen-bond donors (Lipinski definition) is 1. The first-order chi connectivity index (χ1) is 12.3. The number of benzene rings is 2. The van der Waals surface area contributed by atoms with Crippen LogP contribution in [0.3, 0.4) is 0 Å². The largest absolute Gasteiger partial charge is 0.495 e. The Kier molecular flexibility index (Phi) is 5.90. The van der Waals surface area contributed by atoms with E-state index in [2.05, 4.69) is 5.32 Å². The first-order valence-electron chi connectivity index (χ1n) is 7.72. The minimum atomic E-state index is -1.10. The maximum Gasteiger partial charge on any atom is 0.338 e. The highest BCUT2D eigenvalue weighted by Gasteiger charge is 2.21. The predicted molar refractivity (Wildman–Crippen MR) is 94.3 cm³/mol. The summed E-state index contributed by atoms with van der Waals surface area (Å²) in [5, 5.41) is 13.4. The summed E-state index contributed by atoms with van der Waals surface area (Å²) in [6.07, 6.45) is -1.10. The molecule has 0 aliphatic rings. The van der Waals surface area contributed by atoms with Crippen molar-refractivity contribution in [3.05, 3.63) is 63.7 Å². The lowest BCUT2D eigenvalue weighted by Gasteiger charge is -2.15. The number of nitrogens with zero attached hydrogens (tertiary/aromatic N) is 1. The van der Waals surface area contributed by atoms with Gasteiger partial charge in [-0.3, -0.25) is 14.9 Å². The summed E-state index contributed by atoms with van der Waals surface area (Å²) in [6, 6.07) is 10.6. The molecule has 0 spiro atoms. The summed E-state index contributed by atoms with van der Waals surface area (Å²) in [6.45, 7) is 3.24. The number of aryl methyl sites for hydroxylation is 1. The van der Waals surface area contributed by atoms with Crippen LogP contribution in [0.5, 0.6) is 5.75 Å². The molecule has 2 rings (SSSR count). The third-order valence-electron chi connectivity index (χ3n) is 3.56. The summed E-state index contributed by atoms with van der Waals surface area (Å²) in [5.74, 6) is -1.02. The number of hydrogen-bond acceptors (Lipinski definition) is 6. The molecule has 0 aromatic heterocycles. The number of esters is 1. The molecule has 1 amide bonds. The number of anilines is 1. The molecule has 0 bridgehead atoms. The normalized spacial score (nSPS) is 11.3. The van der Waals surface area contributed by atoms with E-state index >= 15 is 0 Å². The van der Waals surface area contributed by atoms with Crippen molar-refractivity contribution in [2.24, 2.45) is 0 Å². The van der Waals surface area contributed by atoms with Crippen molar-refractivity contribution in [1.82, 2.24) is 0 Å². The van der Waals surface area contributed by atoms with Gasteiger partial charge in [0.2, 0.25) is 0 Å². The fourth-order valence-electron chi connectivity index (χ4n) is 2.20. The average molecular weight is 358 g/mol. The summed E-state index contributed by atoms with van der Waals surface area (Å²) in [7, 11) is 1.37. The molecule has 0 saturated heterocycles. The van der Waals surface area contributed by atoms with Gasteiger partial charge in [-0.25, -0.2) is 4.79 Å². The molecule has 0 radical (unpaired) electrons. The number of ether oxygens (including phenoxy) is 2. The summed E-state index contributed by atoms with van der Waals surface area (Å²) in [5.41, 5.74) is 1.13. The SMILES string of the molecule is COc1ccc([N+](=O)[O-])cc1NC(=O)[C@H](C)OC(=O)c1cccc(C)c1. The number of nitrogens with one attached hydrogen (secondary N) is 1. The number of methoxy groups -OCH3 is 1. The van der Waals surface area contributed by atoms with Crippen LogP contribution in [0.1, 0.15) is 22.8 Å². The highest BCUT2D eigenvalue weighted by molar-refractivity contribution is 5.98. The Morgan fingerprint density at radius 3 is 2.54 bits per heavy atom. The van der Waals surface area contributed by atoms with Crippen molar-refractivity contribution >= 4 is 23.3 Å². The lowest BCUT2D eigenvalue weighted by molar-refractivity contribution is -0.384. The van der Waals surface area contributed by atoms with Gasteiger partial charge in [-0.1, -0.05) is 17.7 Å². The molecule has 2 aromatic carbocycles. The number of carbonyl (C=O) groups is 2. The maximum atomic E-state index is 12.3. The van der Waals surface area contributed by atoms with Crippen LogP contribution >= 0.6 is 0 Å². The van der Waals surface area contributed by atoms with Crippen LogP contribution in [0, 0.1) is 17.0 Å². The van der Waals surface area contributed by atoms with Crippen LogP contribution < -0.4 is 10.1 Å². The van der Waals surface area contributed by atoms with Crippen molar-refractivity contribution in [3.8, 4) is 5.75 Å². The summed E-state index contributed by atoms with van der Waals surface area (Å²) < 4.78 is 10.2. The minimum Gasteiger partial charge on any atom is -0.495 e. The Morgan fingerprint density at radius 2 is 1.92 bits per heavy atom. The molecule has 8 nitrogen and oxygen atoms in total. The molecule has 0 fully saturated rings. The van der Waals surface area contributed by atoms with Crippen LogP contribution in [0.2, 0.25) is 0 Å². The zero-order chi connectivity index (χ0) is 19.3. The number of nitro groups is 1. The van der Waals surface area contributed by atoms with Gasteiger partial charge in [0.05, 0.1) is 23.3 Å². The van der Waals surface area contributed by atoms with E-state index in [1.807, 2.05) is 13.0 Å². The van der Waals surface area contributed by atoms with Crippen LogP contribution in [-0.4, -0.2) is 30.0 Å². The smallest absolute Gasteiger partial charge is 0.338 e. The number of nitro benzene ring substituents is 1. The second kappa shape index (κ2) is 8.11. The second-order valence-electron chi connectivity index (χ2n) is 5.55.